The number of nitrogens with zero attached hydrogens (tertiary/aromatic N) is 2. The van der Waals surface area contributed by atoms with Crippen LogP contribution in [0.1, 0.15) is 136 Å². The molecular formula is C38H56N2O4. The molecule has 0 radical (unpaired) electrons. The van der Waals surface area contributed by atoms with Gasteiger partial charge in [0.15, 0.2) is 0 Å². The molecule has 0 aromatic heterocycles. The van der Waals surface area contributed by atoms with Gasteiger partial charge >= 0.3 is 11.9 Å². The second kappa shape index (κ2) is 14.2. The zero-order chi connectivity index (χ0) is 29.9. The van der Waals surface area contributed by atoms with Gasteiger partial charge in [0, 0.05) is 37.3 Å². The predicted octanol–water partition coefficient (Wildman–Crippen LogP) is 7.65. The largest absolute Gasteiger partial charge is 0.461 e. The Morgan fingerprint density at radius 2 is 0.795 bits per heavy atom. The molecule has 1 aromatic carbocycles. The van der Waals surface area contributed by atoms with Gasteiger partial charge in [-0.3, -0.25) is 9.80 Å². The van der Waals surface area contributed by atoms with Crippen LogP contribution in [0.25, 0.3) is 0 Å². The Kier molecular flexibility index (Phi) is 9.94. The van der Waals surface area contributed by atoms with E-state index in [9.17, 15) is 9.59 Å². The van der Waals surface area contributed by atoms with Crippen molar-refractivity contribution in [3.8, 4) is 0 Å². The van der Waals surface area contributed by atoms with Gasteiger partial charge in [-0.2, -0.15) is 0 Å². The molecule has 6 aliphatic rings. The summed E-state index contributed by atoms with van der Waals surface area (Å²) < 4.78 is 11.6. The first-order valence-electron chi connectivity index (χ1n) is 18.6. The van der Waals surface area contributed by atoms with Crippen molar-refractivity contribution in [2.24, 2.45) is 23.7 Å². The average molecular weight is 605 g/mol. The number of piperidine rings is 2. The third-order valence-corrected chi connectivity index (χ3v) is 12.9. The van der Waals surface area contributed by atoms with Crippen molar-refractivity contribution >= 4 is 11.9 Å². The van der Waals surface area contributed by atoms with Crippen LogP contribution in [-0.4, -0.2) is 72.2 Å². The number of esters is 2. The molecule has 242 valence electrons. The fourth-order valence-corrected chi connectivity index (χ4v) is 10.9. The van der Waals surface area contributed by atoms with Crippen molar-refractivity contribution in [2.45, 2.75) is 140 Å². The van der Waals surface area contributed by atoms with E-state index in [1.54, 1.807) is 24.3 Å². The molecule has 0 N–H and O–H groups in total. The SMILES string of the molecule is O=C(OCCN1C2CCCCC2CC2CCCCC21)c1ccc(C(=O)OCCN2C3CCCCC3CC3CCCCC32)cc1. The quantitative estimate of drug-likeness (QED) is 0.284. The van der Waals surface area contributed by atoms with Gasteiger partial charge in [0.25, 0.3) is 0 Å². The number of fused-ring (bicyclic) bond motifs is 4. The van der Waals surface area contributed by atoms with E-state index in [1.165, 1.54) is 116 Å². The van der Waals surface area contributed by atoms with Crippen LogP contribution in [0.3, 0.4) is 0 Å². The Morgan fingerprint density at radius 3 is 1.11 bits per heavy atom. The Labute approximate surface area is 265 Å². The molecule has 4 aliphatic carbocycles. The number of hydrogen-bond donors (Lipinski definition) is 0. The number of carbonyl (C=O) groups excluding carboxylic acids is 2. The highest BCUT2D eigenvalue weighted by atomic mass is 16.5. The second-order valence-corrected chi connectivity index (χ2v) is 15.2. The van der Waals surface area contributed by atoms with Crippen LogP contribution in [0, 0.1) is 23.7 Å². The number of benzene rings is 1. The minimum Gasteiger partial charge on any atom is -0.461 e. The third-order valence-electron chi connectivity index (χ3n) is 12.9. The number of carbonyl (C=O) groups is 2. The van der Waals surface area contributed by atoms with E-state index in [4.69, 9.17) is 9.47 Å². The van der Waals surface area contributed by atoms with Crippen molar-refractivity contribution in [3.63, 3.8) is 0 Å². The number of rotatable bonds is 8. The zero-order valence-electron chi connectivity index (χ0n) is 27.0. The van der Waals surface area contributed by atoms with Gasteiger partial charge < -0.3 is 9.47 Å². The van der Waals surface area contributed by atoms with Crippen LogP contribution in [-0.2, 0) is 9.47 Å². The van der Waals surface area contributed by atoms with E-state index in [0.717, 1.165) is 36.8 Å². The summed E-state index contributed by atoms with van der Waals surface area (Å²) in [5.41, 5.74) is 1.01. The summed E-state index contributed by atoms with van der Waals surface area (Å²) in [6.45, 7) is 2.57. The average Bonchev–Trinajstić information content (AvgIpc) is 3.07. The summed E-state index contributed by atoms with van der Waals surface area (Å²) in [6, 6.07) is 9.59. The van der Waals surface area contributed by atoms with Crippen molar-refractivity contribution in [1.29, 1.82) is 0 Å². The molecule has 0 amide bonds. The Morgan fingerprint density at radius 1 is 0.500 bits per heavy atom. The van der Waals surface area contributed by atoms with E-state index < -0.39 is 0 Å². The maximum atomic E-state index is 12.9. The molecular weight excluding hydrogens is 548 g/mol. The molecule has 8 atom stereocenters. The van der Waals surface area contributed by atoms with E-state index in [0.29, 0.717) is 48.5 Å². The van der Waals surface area contributed by atoms with Gasteiger partial charge in [-0.25, -0.2) is 9.59 Å². The maximum Gasteiger partial charge on any atom is 0.338 e. The van der Waals surface area contributed by atoms with Crippen molar-refractivity contribution in [3.05, 3.63) is 35.4 Å². The maximum absolute atomic E-state index is 12.9. The highest BCUT2D eigenvalue weighted by Crippen LogP contribution is 2.46. The van der Waals surface area contributed by atoms with E-state index in [1.807, 2.05) is 0 Å². The first kappa shape index (κ1) is 30.7. The molecule has 0 bridgehead atoms. The molecule has 7 rings (SSSR count). The van der Waals surface area contributed by atoms with Gasteiger partial charge in [-0.1, -0.05) is 51.4 Å². The van der Waals surface area contributed by atoms with Gasteiger partial charge in [0.1, 0.15) is 13.2 Å². The fourth-order valence-electron chi connectivity index (χ4n) is 10.9. The molecule has 6 heteroatoms. The highest BCUT2D eigenvalue weighted by Gasteiger charge is 2.45. The van der Waals surface area contributed by atoms with Crippen LogP contribution < -0.4 is 0 Å². The van der Waals surface area contributed by atoms with Gasteiger partial charge in [0.05, 0.1) is 11.1 Å². The summed E-state index contributed by atoms with van der Waals surface area (Å²) >= 11 is 0. The van der Waals surface area contributed by atoms with Crippen molar-refractivity contribution < 1.29 is 19.1 Å². The van der Waals surface area contributed by atoms with Crippen LogP contribution in [0.4, 0.5) is 0 Å². The van der Waals surface area contributed by atoms with Crippen molar-refractivity contribution in [1.82, 2.24) is 9.80 Å². The van der Waals surface area contributed by atoms with Crippen LogP contribution in [0.2, 0.25) is 0 Å². The lowest BCUT2D eigenvalue weighted by molar-refractivity contribution is -0.0479. The molecule has 8 unspecified atom stereocenters. The van der Waals surface area contributed by atoms with Crippen molar-refractivity contribution in [2.75, 3.05) is 26.3 Å². The number of ether oxygens (including phenoxy) is 2. The molecule has 6 nitrogen and oxygen atoms in total. The smallest absolute Gasteiger partial charge is 0.338 e. The summed E-state index contributed by atoms with van der Waals surface area (Å²) in [5.74, 6) is 2.74. The summed E-state index contributed by atoms with van der Waals surface area (Å²) in [5, 5.41) is 0. The standard InChI is InChI=1S/C38H56N2O4/c41-37(43-23-21-39-33-13-5-1-9-29(33)25-30-10-2-6-14-34(30)39)27-17-19-28(20-18-27)38(42)44-24-22-40-35-15-7-3-11-31(35)26-32-12-4-8-16-36(32)40/h17-20,29-36H,1-16,21-26H2. The lowest BCUT2D eigenvalue weighted by Crippen LogP contribution is -2.57. The lowest BCUT2D eigenvalue weighted by atomic mass is 9.68. The summed E-state index contributed by atoms with van der Waals surface area (Å²) in [6.07, 6.45) is 24.4. The zero-order valence-corrected chi connectivity index (χ0v) is 27.0. The normalized spacial score (nSPS) is 35.8. The molecule has 44 heavy (non-hydrogen) atoms. The molecule has 2 saturated heterocycles. The minimum atomic E-state index is -0.295. The van der Waals surface area contributed by atoms with E-state index in [2.05, 4.69) is 9.80 Å². The second-order valence-electron chi connectivity index (χ2n) is 15.2. The first-order valence-corrected chi connectivity index (χ1v) is 18.6. The third kappa shape index (κ3) is 6.63. The first-order chi connectivity index (χ1) is 21.7. The Bertz CT molecular complexity index is 991. The topological polar surface area (TPSA) is 59.1 Å². The molecule has 0 spiro atoms. The minimum absolute atomic E-state index is 0.295. The molecule has 4 saturated carbocycles. The molecule has 6 fully saturated rings. The van der Waals surface area contributed by atoms with Crippen LogP contribution in [0.5, 0.6) is 0 Å². The van der Waals surface area contributed by atoms with E-state index >= 15 is 0 Å². The van der Waals surface area contributed by atoms with Crippen LogP contribution >= 0.6 is 0 Å². The number of likely N-dealkylation sites (tertiary alicyclic amines) is 2. The van der Waals surface area contributed by atoms with Crippen LogP contribution in [0.15, 0.2) is 24.3 Å². The molecule has 2 heterocycles. The van der Waals surface area contributed by atoms with Gasteiger partial charge in [0.2, 0.25) is 0 Å². The highest BCUT2D eigenvalue weighted by molar-refractivity contribution is 5.93. The number of hydrogen-bond acceptors (Lipinski definition) is 6. The van der Waals surface area contributed by atoms with Gasteiger partial charge in [-0.05, 0) is 112 Å². The molecule has 1 aromatic rings. The Hall–Kier alpha value is -1.92. The fraction of sp³-hybridized carbons (Fsp3) is 0.789. The Balaban J connectivity index is 0.890. The van der Waals surface area contributed by atoms with E-state index in [-0.39, 0.29) is 11.9 Å². The molecule has 2 aliphatic heterocycles. The summed E-state index contributed by atoms with van der Waals surface area (Å²) in [7, 11) is 0. The lowest BCUT2D eigenvalue weighted by Gasteiger charge is -2.53. The summed E-state index contributed by atoms with van der Waals surface area (Å²) in [4.78, 5) is 31.4. The van der Waals surface area contributed by atoms with Gasteiger partial charge in [-0.15, -0.1) is 0 Å². The monoisotopic (exact) mass is 604 g/mol. The predicted molar refractivity (Wildman–Crippen MR) is 173 cm³/mol.